The van der Waals surface area contributed by atoms with E-state index in [1.165, 1.54) is 38.6 Å². The molecule has 2 N–H and O–H groups in total. The molecule has 106 valence electrons. The van der Waals surface area contributed by atoms with E-state index in [-0.39, 0.29) is 0 Å². The molecule has 0 spiro atoms. The van der Waals surface area contributed by atoms with Gasteiger partial charge in [-0.25, -0.2) is 0 Å². The fraction of sp³-hybridized carbons (Fsp3) is 1.00. The van der Waals surface area contributed by atoms with Crippen molar-refractivity contribution in [1.82, 2.24) is 10.6 Å². The molecule has 3 unspecified atom stereocenters. The standard InChI is InChI=1S/C15H30N2O/c1-12(2)18-11-5-10-17-14-7-3-6-13(14)15-8-4-9-16-15/h12-17H,3-11H2,1-2H3. The van der Waals surface area contributed by atoms with Crippen LogP contribution in [0, 0.1) is 5.92 Å². The summed E-state index contributed by atoms with van der Waals surface area (Å²) in [5.74, 6) is 0.874. The maximum atomic E-state index is 5.58. The van der Waals surface area contributed by atoms with Crippen LogP contribution in [-0.4, -0.2) is 37.9 Å². The molecule has 1 aliphatic carbocycles. The zero-order chi connectivity index (χ0) is 12.8. The van der Waals surface area contributed by atoms with Gasteiger partial charge in [0.15, 0.2) is 0 Å². The SMILES string of the molecule is CC(C)OCCCNC1CCCC1C1CCCN1. The molecule has 3 heteroatoms. The monoisotopic (exact) mass is 254 g/mol. The van der Waals surface area contributed by atoms with Gasteiger partial charge in [-0.15, -0.1) is 0 Å². The van der Waals surface area contributed by atoms with E-state index in [1.807, 2.05) is 0 Å². The number of ether oxygens (including phenoxy) is 1. The third-order valence-corrected chi connectivity index (χ3v) is 4.36. The van der Waals surface area contributed by atoms with Crippen molar-refractivity contribution in [2.24, 2.45) is 5.92 Å². The van der Waals surface area contributed by atoms with E-state index in [4.69, 9.17) is 4.74 Å². The maximum absolute atomic E-state index is 5.58. The van der Waals surface area contributed by atoms with Crippen molar-refractivity contribution in [3.05, 3.63) is 0 Å². The van der Waals surface area contributed by atoms with E-state index < -0.39 is 0 Å². The molecule has 3 nitrogen and oxygen atoms in total. The van der Waals surface area contributed by atoms with Crippen molar-refractivity contribution in [2.75, 3.05) is 19.7 Å². The van der Waals surface area contributed by atoms with Crippen molar-refractivity contribution in [3.8, 4) is 0 Å². The summed E-state index contributed by atoms with van der Waals surface area (Å²) in [6.45, 7) is 7.44. The summed E-state index contributed by atoms with van der Waals surface area (Å²) in [7, 11) is 0. The van der Waals surface area contributed by atoms with Crippen molar-refractivity contribution in [2.45, 2.75) is 70.6 Å². The second kappa shape index (κ2) is 7.46. The Morgan fingerprint density at radius 1 is 1.22 bits per heavy atom. The summed E-state index contributed by atoms with van der Waals surface area (Å²) in [5.41, 5.74) is 0. The Bertz CT molecular complexity index is 227. The van der Waals surface area contributed by atoms with Crippen LogP contribution in [0.2, 0.25) is 0 Å². The Hall–Kier alpha value is -0.120. The van der Waals surface area contributed by atoms with E-state index in [1.54, 1.807) is 0 Å². The Morgan fingerprint density at radius 2 is 2.11 bits per heavy atom. The normalized spacial score (nSPS) is 32.5. The molecule has 1 saturated heterocycles. The van der Waals surface area contributed by atoms with Gasteiger partial charge in [-0.2, -0.15) is 0 Å². The van der Waals surface area contributed by atoms with E-state index >= 15 is 0 Å². The van der Waals surface area contributed by atoms with Crippen LogP contribution in [0.1, 0.15) is 52.4 Å². The maximum Gasteiger partial charge on any atom is 0.0518 e. The smallest absolute Gasteiger partial charge is 0.0518 e. The van der Waals surface area contributed by atoms with Crippen LogP contribution in [0.4, 0.5) is 0 Å². The lowest BCUT2D eigenvalue weighted by Crippen LogP contribution is -2.42. The van der Waals surface area contributed by atoms with Crippen LogP contribution in [0.3, 0.4) is 0 Å². The fourth-order valence-electron chi connectivity index (χ4n) is 3.48. The highest BCUT2D eigenvalue weighted by molar-refractivity contribution is 4.93. The third-order valence-electron chi connectivity index (χ3n) is 4.36. The van der Waals surface area contributed by atoms with Gasteiger partial charge < -0.3 is 15.4 Å². The number of nitrogens with one attached hydrogen (secondary N) is 2. The minimum atomic E-state index is 0.368. The second-order valence-electron chi connectivity index (χ2n) is 6.13. The van der Waals surface area contributed by atoms with Crippen LogP contribution >= 0.6 is 0 Å². The summed E-state index contributed by atoms with van der Waals surface area (Å²) in [4.78, 5) is 0. The Morgan fingerprint density at radius 3 is 2.83 bits per heavy atom. The molecule has 0 aromatic rings. The van der Waals surface area contributed by atoms with Gasteiger partial charge in [0.2, 0.25) is 0 Å². The minimum absolute atomic E-state index is 0.368. The van der Waals surface area contributed by atoms with Crippen molar-refractivity contribution in [3.63, 3.8) is 0 Å². The van der Waals surface area contributed by atoms with Crippen LogP contribution in [-0.2, 0) is 4.74 Å². The molecule has 3 atom stereocenters. The van der Waals surface area contributed by atoms with Crippen LogP contribution in [0.25, 0.3) is 0 Å². The zero-order valence-corrected chi connectivity index (χ0v) is 12.1. The molecule has 0 radical (unpaired) electrons. The molecule has 1 heterocycles. The Labute approximate surface area is 112 Å². The zero-order valence-electron chi connectivity index (χ0n) is 12.1. The molecule has 1 saturated carbocycles. The van der Waals surface area contributed by atoms with Crippen molar-refractivity contribution >= 4 is 0 Å². The van der Waals surface area contributed by atoms with Gasteiger partial charge in [-0.3, -0.25) is 0 Å². The second-order valence-corrected chi connectivity index (χ2v) is 6.13. The first kappa shape index (κ1) is 14.3. The lowest BCUT2D eigenvalue weighted by Gasteiger charge is -2.26. The fourth-order valence-corrected chi connectivity index (χ4v) is 3.48. The van der Waals surface area contributed by atoms with Gasteiger partial charge in [-0.1, -0.05) is 6.42 Å². The van der Waals surface area contributed by atoms with Gasteiger partial charge in [0.25, 0.3) is 0 Å². The van der Waals surface area contributed by atoms with E-state index in [2.05, 4.69) is 24.5 Å². The summed E-state index contributed by atoms with van der Waals surface area (Å²) >= 11 is 0. The first-order valence-corrected chi connectivity index (χ1v) is 7.85. The first-order chi connectivity index (χ1) is 8.77. The lowest BCUT2D eigenvalue weighted by molar-refractivity contribution is 0.0764. The van der Waals surface area contributed by atoms with Gasteiger partial charge in [0.05, 0.1) is 6.10 Å². The molecule has 18 heavy (non-hydrogen) atoms. The Balaban J connectivity index is 1.62. The molecule has 2 fully saturated rings. The van der Waals surface area contributed by atoms with E-state index in [9.17, 15) is 0 Å². The molecule has 0 aromatic carbocycles. The number of hydrogen-bond donors (Lipinski definition) is 2. The molecule has 0 aromatic heterocycles. The lowest BCUT2D eigenvalue weighted by atomic mass is 9.93. The molecule has 2 rings (SSSR count). The summed E-state index contributed by atoms with van der Waals surface area (Å²) < 4.78 is 5.58. The average Bonchev–Trinajstić information content (AvgIpc) is 2.97. The quantitative estimate of drug-likeness (QED) is 0.684. The van der Waals surface area contributed by atoms with Gasteiger partial charge >= 0.3 is 0 Å². The number of rotatable bonds is 7. The van der Waals surface area contributed by atoms with E-state index in [0.717, 1.165) is 37.6 Å². The molecular weight excluding hydrogens is 224 g/mol. The average molecular weight is 254 g/mol. The van der Waals surface area contributed by atoms with Crippen LogP contribution in [0.5, 0.6) is 0 Å². The van der Waals surface area contributed by atoms with Gasteiger partial charge in [-0.05, 0) is 65.0 Å². The molecule has 1 aliphatic heterocycles. The summed E-state index contributed by atoms with van der Waals surface area (Å²) in [6, 6.07) is 1.54. The van der Waals surface area contributed by atoms with Crippen molar-refractivity contribution in [1.29, 1.82) is 0 Å². The van der Waals surface area contributed by atoms with Gasteiger partial charge in [0, 0.05) is 18.7 Å². The Kier molecular flexibility index (Phi) is 5.93. The largest absolute Gasteiger partial charge is 0.379 e. The first-order valence-electron chi connectivity index (χ1n) is 7.85. The predicted molar refractivity (Wildman–Crippen MR) is 75.9 cm³/mol. The number of hydrogen-bond acceptors (Lipinski definition) is 3. The molecular formula is C15H30N2O. The summed E-state index contributed by atoms with van der Waals surface area (Å²) in [5, 5.41) is 7.44. The molecule has 2 aliphatic rings. The van der Waals surface area contributed by atoms with Crippen molar-refractivity contribution < 1.29 is 4.74 Å². The highest BCUT2D eigenvalue weighted by Crippen LogP contribution is 2.31. The molecule has 0 bridgehead atoms. The van der Waals surface area contributed by atoms with Crippen LogP contribution in [0.15, 0.2) is 0 Å². The van der Waals surface area contributed by atoms with E-state index in [0.29, 0.717) is 6.10 Å². The minimum Gasteiger partial charge on any atom is -0.379 e. The third kappa shape index (κ3) is 4.22. The molecule has 0 amide bonds. The van der Waals surface area contributed by atoms with Gasteiger partial charge in [0.1, 0.15) is 0 Å². The topological polar surface area (TPSA) is 33.3 Å². The summed E-state index contributed by atoms with van der Waals surface area (Å²) in [6.07, 6.45) is 8.45. The van der Waals surface area contributed by atoms with Crippen LogP contribution < -0.4 is 10.6 Å². The highest BCUT2D eigenvalue weighted by Gasteiger charge is 2.34. The predicted octanol–water partition coefficient (Wildman–Crippen LogP) is 2.31. The highest BCUT2D eigenvalue weighted by atomic mass is 16.5.